The molecule has 23 heavy (non-hydrogen) atoms. The summed E-state index contributed by atoms with van der Waals surface area (Å²) in [5.41, 5.74) is 2.49. The lowest BCUT2D eigenvalue weighted by Crippen LogP contribution is -2.39. The Labute approximate surface area is 137 Å². The van der Waals surface area contributed by atoms with E-state index in [0.29, 0.717) is 12.1 Å². The van der Waals surface area contributed by atoms with Crippen LogP contribution in [0.1, 0.15) is 30.5 Å². The third kappa shape index (κ3) is 3.08. The summed E-state index contributed by atoms with van der Waals surface area (Å²) in [6.45, 7) is 5.35. The number of hydrogen-bond donors (Lipinski definition) is 0. The van der Waals surface area contributed by atoms with E-state index < -0.39 is 0 Å². The Kier molecular flexibility index (Phi) is 3.77. The van der Waals surface area contributed by atoms with Gasteiger partial charge in [0.15, 0.2) is 0 Å². The minimum absolute atomic E-state index is 0.564. The van der Waals surface area contributed by atoms with Crippen molar-refractivity contribution >= 4 is 5.82 Å². The summed E-state index contributed by atoms with van der Waals surface area (Å²) in [7, 11) is 1.99. The van der Waals surface area contributed by atoms with Crippen molar-refractivity contribution in [2.75, 3.05) is 18.0 Å². The Bertz CT molecular complexity index is 663. The molecule has 0 N–H and O–H groups in total. The zero-order chi connectivity index (χ0) is 15.8. The van der Waals surface area contributed by atoms with Crippen molar-refractivity contribution in [3.8, 4) is 0 Å². The van der Waals surface area contributed by atoms with E-state index in [2.05, 4.69) is 38.0 Å². The lowest BCUT2D eigenvalue weighted by atomic mass is 10.2. The van der Waals surface area contributed by atoms with Gasteiger partial charge in [-0.3, -0.25) is 9.58 Å². The first-order valence-electron chi connectivity index (χ1n) is 8.46. The molecule has 0 radical (unpaired) electrons. The number of likely N-dealkylation sites (tertiary alicyclic amines) is 1. The van der Waals surface area contributed by atoms with Gasteiger partial charge in [0.1, 0.15) is 12.1 Å². The highest BCUT2D eigenvalue weighted by Gasteiger charge is 2.38. The molecule has 0 bridgehead atoms. The van der Waals surface area contributed by atoms with E-state index in [1.54, 1.807) is 6.33 Å². The number of aryl methyl sites for hydroxylation is 2. The second kappa shape index (κ2) is 5.92. The monoisotopic (exact) mass is 312 g/mol. The Hall–Kier alpha value is -1.95. The maximum atomic E-state index is 4.49. The standard InChI is InChI=1S/C17H24N6/c1-13-14(9-21(2)20-13)10-22-8-6-16(11-22)23(15-3-4-15)17-5-7-18-12-19-17/h5,7,9,12,15-16H,3-4,6,8,10-11H2,1-2H3. The van der Waals surface area contributed by atoms with Gasteiger partial charge in [-0.1, -0.05) is 0 Å². The molecule has 2 aliphatic rings. The van der Waals surface area contributed by atoms with Gasteiger partial charge < -0.3 is 4.90 Å². The topological polar surface area (TPSA) is 50.1 Å². The summed E-state index contributed by atoms with van der Waals surface area (Å²) in [5, 5.41) is 4.46. The van der Waals surface area contributed by atoms with Gasteiger partial charge in [-0.2, -0.15) is 5.10 Å². The summed E-state index contributed by atoms with van der Waals surface area (Å²) in [6, 6.07) is 3.29. The minimum atomic E-state index is 0.564. The van der Waals surface area contributed by atoms with E-state index in [0.717, 1.165) is 31.1 Å². The lowest BCUT2D eigenvalue weighted by Gasteiger charge is -2.30. The molecule has 4 rings (SSSR count). The maximum Gasteiger partial charge on any atom is 0.132 e. The molecule has 122 valence electrons. The minimum Gasteiger partial charge on any atom is -0.349 e. The summed E-state index contributed by atoms with van der Waals surface area (Å²) in [5.74, 6) is 1.09. The third-order valence-corrected chi connectivity index (χ3v) is 4.92. The molecule has 6 nitrogen and oxygen atoms in total. The number of anilines is 1. The van der Waals surface area contributed by atoms with Crippen LogP contribution in [0.15, 0.2) is 24.8 Å². The number of nitrogens with zero attached hydrogens (tertiary/aromatic N) is 6. The highest BCUT2D eigenvalue weighted by atomic mass is 15.3. The van der Waals surface area contributed by atoms with E-state index in [1.807, 2.05) is 24.0 Å². The Balaban J connectivity index is 1.45. The summed E-state index contributed by atoms with van der Waals surface area (Å²) < 4.78 is 1.91. The van der Waals surface area contributed by atoms with Crippen LogP contribution in [-0.2, 0) is 13.6 Å². The van der Waals surface area contributed by atoms with Crippen molar-refractivity contribution in [1.82, 2.24) is 24.6 Å². The molecule has 2 fully saturated rings. The molecule has 1 aliphatic carbocycles. The fraction of sp³-hybridized carbons (Fsp3) is 0.588. The Morgan fingerprint density at radius 3 is 2.78 bits per heavy atom. The molecular formula is C17H24N6. The van der Waals surface area contributed by atoms with Crippen molar-refractivity contribution in [2.45, 2.75) is 44.8 Å². The molecule has 2 aromatic rings. The molecule has 0 spiro atoms. The first-order chi connectivity index (χ1) is 11.2. The van der Waals surface area contributed by atoms with Crippen LogP contribution in [-0.4, -0.2) is 49.8 Å². The maximum absolute atomic E-state index is 4.49. The summed E-state index contributed by atoms with van der Waals surface area (Å²) in [4.78, 5) is 13.6. The molecule has 1 atom stereocenters. The van der Waals surface area contributed by atoms with Crippen LogP contribution in [0.3, 0.4) is 0 Å². The quantitative estimate of drug-likeness (QED) is 0.842. The first kappa shape index (κ1) is 14.6. The number of aromatic nitrogens is 4. The van der Waals surface area contributed by atoms with Gasteiger partial charge in [0, 0.05) is 56.7 Å². The lowest BCUT2D eigenvalue weighted by molar-refractivity contribution is 0.324. The molecule has 0 aromatic carbocycles. The van der Waals surface area contributed by atoms with Crippen molar-refractivity contribution in [3.63, 3.8) is 0 Å². The van der Waals surface area contributed by atoms with Crippen LogP contribution in [0.2, 0.25) is 0 Å². The highest BCUT2D eigenvalue weighted by molar-refractivity contribution is 5.42. The van der Waals surface area contributed by atoms with Crippen molar-refractivity contribution in [2.24, 2.45) is 7.05 Å². The van der Waals surface area contributed by atoms with Crippen LogP contribution in [0, 0.1) is 6.92 Å². The number of hydrogen-bond acceptors (Lipinski definition) is 5. The van der Waals surface area contributed by atoms with Crippen LogP contribution in [0.4, 0.5) is 5.82 Å². The van der Waals surface area contributed by atoms with Crippen molar-refractivity contribution in [3.05, 3.63) is 36.0 Å². The third-order valence-electron chi connectivity index (χ3n) is 4.92. The fourth-order valence-electron chi connectivity index (χ4n) is 3.69. The number of rotatable bonds is 5. The van der Waals surface area contributed by atoms with Gasteiger partial charge in [0.2, 0.25) is 0 Å². The molecule has 1 aliphatic heterocycles. The second-order valence-electron chi connectivity index (χ2n) is 6.80. The van der Waals surface area contributed by atoms with Crippen molar-refractivity contribution in [1.29, 1.82) is 0 Å². The van der Waals surface area contributed by atoms with Crippen molar-refractivity contribution < 1.29 is 0 Å². The normalized spacial score (nSPS) is 21.7. The van der Waals surface area contributed by atoms with Gasteiger partial charge in [-0.15, -0.1) is 0 Å². The molecule has 2 aromatic heterocycles. The molecule has 1 saturated carbocycles. The Morgan fingerprint density at radius 2 is 2.13 bits per heavy atom. The largest absolute Gasteiger partial charge is 0.349 e. The van der Waals surface area contributed by atoms with E-state index >= 15 is 0 Å². The molecule has 1 unspecified atom stereocenters. The molecule has 6 heteroatoms. The molecule has 1 saturated heterocycles. The zero-order valence-electron chi connectivity index (χ0n) is 13.9. The molecule has 3 heterocycles. The van der Waals surface area contributed by atoms with Gasteiger partial charge in [-0.25, -0.2) is 9.97 Å². The predicted octanol–water partition coefficient (Wildman–Crippen LogP) is 1.76. The van der Waals surface area contributed by atoms with Crippen LogP contribution in [0.5, 0.6) is 0 Å². The summed E-state index contributed by atoms with van der Waals surface area (Å²) >= 11 is 0. The van der Waals surface area contributed by atoms with Gasteiger partial charge in [-0.05, 0) is 32.3 Å². The van der Waals surface area contributed by atoms with Gasteiger partial charge in [0.05, 0.1) is 5.69 Å². The zero-order valence-corrected chi connectivity index (χ0v) is 13.9. The second-order valence-corrected chi connectivity index (χ2v) is 6.80. The van der Waals surface area contributed by atoms with Crippen LogP contribution < -0.4 is 4.90 Å². The molecule has 0 amide bonds. The highest BCUT2D eigenvalue weighted by Crippen LogP contribution is 2.35. The van der Waals surface area contributed by atoms with Crippen LogP contribution in [0.25, 0.3) is 0 Å². The van der Waals surface area contributed by atoms with E-state index in [1.165, 1.54) is 24.8 Å². The average Bonchev–Trinajstić information content (AvgIpc) is 3.18. The smallest absolute Gasteiger partial charge is 0.132 e. The SMILES string of the molecule is Cc1nn(C)cc1CN1CCC(N(c2ccncn2)C2CC2)C1. The molecular weight excluding hydrogens is 288 g/mol. The average molecular weight is 312 g/mol. The predicted molar refractivity (Wildman–Crippen MR) is 89.2 cm³/mol. The van der Waals surface area contributed by atoms with E-state index in [9.17, 15) is 0 Å². The van der Waals surface area contributed by atoms with E-state index in [-0.39, 0.29) is 0 Å². The van der Waals surface area contributed by atoms with Gasteiger partial charge in [0.25, 0.3) is 0 Å². The Morgan fingerprint density at radius 1 is 1.26 bits per heavy atom. The van der Waals surface area contributed by atoms with E-state index in [4.69, 9.17) is 0 Å². The fourth-order valence-corrected chi connectivity index (χ4v) is 3.69. The van der Waals surface area contributed by atoms with Gasteiger partial charge >= 0.3 is 0 Å². The van der Waals surface area contributed by atoms with Crippen LogP contribution >= 0.6 is 0 Å². The first-order valence-corrected chi connectivity index (χ1v) is 8.46. The summed E-state index contributed by atoms with van der Waals surface area (Å²) in [6.07, 6.45) is 9.45.